The Bertz CT molecular complexity index is 683. The van der Waals surface area contributed by atoms with Gasteiger partial charge in [0.05, 0.1) is 18.1 Å². The highest BCUT2D eigenvalue weighted by Gasteiger charge is 2.35. The van der Waals surface area contributed by atoms with Crippen molar-refractivity contribution in [3.8, 4) is 0 Å². The van der Waals surface area contributed by atoms with Crippen LogP contribution < -0.4 is 5.56 Å². The summed E-state index contributed by atoms with van der Waals surface area (Å²) in [5, 5.41) is 0. The van der Waals surface area contributed by atoms with Crippen molar-refractivity contribution in [1.82, 2.24) is 19.4 Å². The van der Waals surface area contributed by atoms with Crippen LogP contribution in [0, 0.1) is 5.92 Å². The van der Waals surface area contributed by atoms with E-state index in [0.717, 1.165) is 51.1 Å². The normalized spacial score (nSPS) is 23.4. The van der Waals surface area contributed by atoms with Crippen molar-refractivity contribution in [2.24, 2.45) is 5.92 Å². The SMILES string of the molecule is CN1CCC(N2CCC(Cn3cnc(C(C)(C)C)cc3=O)CC2)C1=O. The van der Waals surface area contributed by atoms with E-state index < -0.39 is 0 Å². The minimum atomic E-state index is -0.107. The molecule has 0 N–H and O–H groups in total. The molecule has 6 heteroatoms. The monoisotopic (exact) mass is 346 g/mol. The van der Waals surface area contributed by atoms with Crippen molar-refractivity contribution >= 4 is 5.91 Å². The molecule has 0 aromatic carbocycles. The smallest absolute Gasteiger partial charge is 0.253 e. The van der Waals surface area contributed by atoms with Crippen LogP contribution in [0.2, 0.25) is 0 Å². The molecule has 1 aromatic rings. The maximum atomic E-state index is 12.4. The van der Waals surface area contributed by atoms with Gasteiger partial charge < -0.3 is 4.90 Å². The van der Waals surface area contributed by atoms with Crippen LogP contribution in [-0.2, 0) is 16.8 Å². The summed E-state index contributed by atoms with van der Waals surface area (Å²) in [6.07, 6.45) is 4.70. The number of rotatable bonds is 3. The minimum absolute atomic E-state index is 0.0370. The van der Waals surface area contributed by atoms with Gasteiger partial charge in [0.25, 0.3) is 5.56 Å². The molecule has 1 aromatic heterocycles. The predicted molar refractivity (Wildman–Crippen MR) is 97.5 cm³/mol. The molecule has 2 aliphatic rings. The lowest BCUT2D eigenvalue weighted by molar-refractivity contribution is -0.131. The number of likely N-dealkylation sites (N-methyl/N-ethyl adjacent to an activating group) is 1. The number of likely N-dealkylation sites (tertiary alicyclic amines) is 2. The summed E-state index contributed by atoms with van der Waals surface area (Å²) < 4.78 is 1.74. The van der Waals surface area contributed by atoms with Gasteiger partial charge in [0.15, 0.2) is 0 Å². The third-order valence-electron chi connectivity index (χ3n) is 5.59. The highest BCUT2D eigenvalue weighted by molar-refractivity contribution is 5.83. The summed E-state index contributed by atoms with van der Waals surface area (Å²) >= 11 is 0. The number of aromatic nitrogens is 2. The van der Waals surface area contributed by atoms with E-state index in [2.05, 4.69) is 30.7 Å². The van der Waals surface area contributed by atoms with Crippen LogP contribution in [0.1, 0.15) is 45.7 Å². The summed E-state index contributed by atoms with van der Waals surface area (Å²) in [7, 11) is 1.88. The molecule has 0 spiro atoms. The second-order valence-corrected chi connectivity index (χ2v) is 8.56. The molecule has 6 nitrogen and oxygen atoms in total. The number of hydrogen-bond acceptors (Lipinski definition) is 4. The van der Waals surface area contributed by atoms with Gasteiger partial charge in [-0.25, -0.2) is 4.98 Å². The number of hydrogen-bond donors (Lipinski definition) is 0. The van der Waals surface area contributed by atoms with E-state index in [-0.39, 0.29) is 22.9 Å². The summed E-state index contributed by atoms with van der Waals surface area (Å²) in [5.74, 6) is 0.738. The summed E-state index contributed by atoms with van der Waals surface area (Å²) in [6, 6.07) is 1.74. The highest BCUT2D eigenvalue weighted by atomic mass is 16.2. The van der Waals surface area contributed by atoms with Gasteiger partial charge in [-0.2, -0.15) is 0 Å². The molecule has 0 bridgehead atoms. The first-order chi connectivity index (χ1) is 11.8. The zero-order chi connectivity index (χ0) is 18.2. The van der Waals surface area contributed by atoms with Crippen LogP contribution in [0.15, 0.2) is 17.2 Å². The molecule has 2 fully saturated rings. The first-order valence-corrected chi connectivity index (χ1v) is 9.31. The van der Waals surface area contributed by atoms with Crippen LogP contribution in [-0.4, -0.2) is 58.0 Å². The van der Waals surface area contributed by atoms with Gasteiger partial charge in [-0.05, 0) is 38.3 Å². The van der Waals surface area contributed by atoms with E-state index >= 15 is 0 Å². The largest absolute Gasteiger partial charge is 0.344 e. The summed E-state index contributed by atoms with van der Waals surface area (Å²) in [6.45, 7) is 9.67. The Kier molecular flexibility index (Phi) is 5.00. The predicted octanol–water partition coefficient (Wildman–Crippen LogP) is 1.48. The number of carbonyl (C=O) groups excluding carboxylic acids is 1. The van der Waals surface area contributed by atoms with Gasteiger partial charge in [-0.3, -0.25) is 19.1 Å². The third-order valence-corrected chi connectivity index (χ3v) is 5.59. The van der Waals surface area contributed by atoms with Crippen LogP contribution in [0.4, 0.5) is 0 Å². The number of piperidine rings is 1. The van der Waals surface area contributed by atoms with Crippen molar-refractivity contribution in [1.29, 1.82) is 0 Å². The Morgan fingerprint density at radius 2 is 1.80 bits per heavy atom. The molecule has 2 aliphatic heterocycles. The van der Waals surface area contributed by atoms with E-state index in [9.17, 15) is 9.59 Å². The van der Waals surface area contributed by atoms with Gasteiger partial charge in [0.1, 0.15) is 0 Å². The first-order valence-electron chi connectivity index (χ1n) is 9.31. The van der Waals surface area contributed by atoms with Gasteiger partial charge >= 0.3 is 0 Å². The van der Waals surface area contributed by atoms with Crippen LogP contribution in [0.5, 0.6) is 0 Å². The van der Waals surface area contributed by atoms with Crippen LogP contribution in [0.3, 0.4) is 0 Å². The molecule has 0 saturated carbocycles. The van der Waals surface area contributed by atoms with E-state index in [1.807, 2.05) is 11.9 Å². The Hall–Kier alpha value is -1.69. The summed E-state index contributed by atoms with van der Waals surface area (Å²) in [4.78, 5) is 33.2. The van der Waals surface area contributed by atoms with Crippen molar-refractivity contribution in [3.05, 3.63) is 28.4 Å². The third kappa shape index (κ3) is 3.94. The van der Waals surface area contributed by atoms with Crippen molar-refractivity contribution in [2.45, 2.75) is 58.0 Å². The molecule has 1 amide bonds. The van der Waals surface area contributed by atoms with E-state index in [0.29, 0.717) is 5.92 Å². The molecule has 2 saturated heterocycles. The molecule has 0 radical (unpaired) electrons. The fourth-order valence-electron chi connectivity index (χ4n) is 3.84. The topological polar surface area (TPSA) is 58.4 Å². The molecule has 3 rings (SSSR count). The van der Waals surface area contributed by atoms with Crippen molar-refractivity contribution in [2.75, 3.05) is 26.7 Å². The molecule has 138 valence electrons. The van der Waals surface area contributed by atoms with Crippen molar-refractivity contribution in [3.63, 3.8) is 0 Å². The zero-order valence-electron chi connectivity index (χ0n) is 15.9. The average molecular weight is 346 g/mol. The lowest BCUT2D eigenvalue weighted by Crippen LogP contribution is -2.46. The fourth-order valence-corrected chi connectivity index (χ4v) is 3.84. The maximum absolute atomic E-state index is 12.4. The van der Waals surface area contributed by atoms with E-state index in [4.69, 9.17) is 0 Å². The Morgan fingerprint density at radius 3 is 2.32 bits per heavy atom. The fraction of sp³-hybridized carbons (Fsp3) is 0.737. The lowest BCUT2D eigenvalue weighted by Gasteiger charge is -2.35. The quantitative estimate of drug-likeness (QED) is 0.832. The van der Waals surface area contributed by atoms with Crippen molar-refractivity contribution < 1.29 is 4.79 Å². The van der Waals surface area contributed by atoms with E-state index in [1.165, 1.54) is 0 Å². The molecule has 3 heterocycles. The molecule has 25 heavy (non-hydrogen) atoms. The second kappa shape index (κ2) is 6.90. The van der Waals surface area contributed by atoms with Gasteiger partial charge in [0.2, 0.25) is 5.91 Å². The number of nitrogens with zero attached hydrogens (tertiary/aromatic N) is 4. The molecular formula is C19H30N4O2. The van der Waals surface area contributed by atoms with Crippen LogP contribution >= 0.6 is 0 Å². The molecule has 1 unspecified atom stereocenters. The van der Waals surface area contributed by atoms with Gasteiger partial charge in [-0.1, -0.05) is 20.8 Å². The Morgan fingerprint density at radius 1 is 1.12 bits per heavy atom. The Labute approximate surface area is 149 Å². The lowest BCUT2D eigenvalue weighted by atomic mass is 9.92. The standard InChI is InChI=1S/C19H30N4O2/c1-19(2,3)16-11-17(24)23(13-20-16)12-14-5-9-22(10-6-14)15-7-8-21(4)18(15)25/h11,13-15H,5-10,12H2,1-4H3. The Balaban J connectivity index is 1.58. The van der Waals surface area contributed by atoms with Gasteiger partial charge in [0, 0.05) is 31.6 Å². The maximum Gasteiger partial charge on any atom is 0.253 e. The molecular weight excluding hydrogens is 316 g/mol. The van der Waals surface area contributed by atoms with Crippen LogP contribution in [0.25, 0.3) is 0 Å². The number of amides is 1. The zero-order valence-corrected chi connectivity index (χ0v) is 15.9. The van der Waals surface area contributed by atoms with Gasteiger partial charge in [-0.15, -0.1) is 0 Å². The molecule has 1 atom stereocenters. The average Bonchev–Trinajstić information content (AvgIpc) is 2.89. The summed E-state index contributed by atoms with van der Waals surface area (Å²) in [5.41, 5.74) is 0.771. The second-order valence-electron chi connectivity index (χ2n) is 8.56. The highest BCUT2D eigenvalue weighted by Crippen LogP contribution is 2.24. The van der Waals surface area contributed by atoms with E-state index in [1.54, 1.807) is 17.0 Å². The number of carbonyl (C=O) groups is 1. The first kappa shape index (κ1) is 18.1. The minimum Gasteiger partial charge on any atom is -0.344 e. The molecule has 0 aliphatic carbocycles.